The van der Waals surface area contributed by atoms with Gasteiger partial charge in [0.05, 0.1) is 23.8 Å². The third-order valence-corrected chi connectivity index (χ3v) is 3.29. The monoisotopic (exact) mass is 497 g/mol. The summed E-state index contributed by atoms with van der Waals surface area (Å²) in [6.45, 7) is 0. The van der Waals surface area contributed by atoms with E-state index in [2.05, 4.69) is 4.99 Å². The Hall–Kier alpha value is -3.52. The Morgan fingerprint density at radius 3 is 1.79 bits per heavy atom. The molecule has 0 radical (unpaired) electrons. The van der Waals surface area contributed by atoms with Crippen molar-refractivity contribution in [1.82, 2.24) is 0 Å². The first-order valence-corrected chi connectivity index (χ1v) is 12.6. The highest BCUT2D eigenvalue weighted by molar-refractivity contribution is 7.85. The number of nitrogens with zero attached hydrogens (tertiary/aromatic N) is 1. The predicted octanol–water partition coefficient (Wildman–Crippen LogP) is 1.97. The number of aliphatic imine (C=N–C) groups is 1. The van der Waals surface area contributed by atoms with Gasteiger partial charge in [-0.2, -0.15) is 16.8 Å². The predicted molar refractivity (Wildman–Crippen MR) is 126 cm³/mol. The summed E-state index contributed by atoms with van der Waals surface area (Å²) >= 11 is 0. The lowest BCUT2D eigenvalue weighted by molar-refractivity contribution is 0.0735. The molecule has 3 aromatic carbocycles. The molecule has 0 saturated heterocycles. The summed E-state index contributed by atoms with van der Waals surface area (Å²) < 4.78 is 57.1. The second kappa shape index (κ2) is 11.9. The van der Waals surface area contributed by atoms with Gasteiger partial charge in [-0.1, -0.05) is 30.3 Å². The second-order valence-electron chi connectivity index (χ2n) is 6.45. The van der Waals surface area contributed by atoms with E-state index in [0.717, 1.165) is 10.8 Å². The molecule has 3 aromatic rings. The van der Waals surface area contributed by atoms with Gasteiger partial charge in [-0.3, -0.25) is 9.11 Å². The second-order valence-corrected chi connectivity index (χ2v) is 9.38. The van der Waals surface area contributed by atoms with Gasteiger partial charge in [0, 0.05) is 0 Å². The zero-order chi connectivity index (χ0) is 25.2. The van der Waals surface area contributed by atoms with Gasteiger partial charge in [0.15, 0.2) is 5.96 Å². The van der Waals surface area contributed by atoms with Gasteiger partial charge in [-0.25, -0.2) is 9.79 Å². The van der Waals surface area contributed by atoms with Crippen LogP contribution in [-0.4, -0.2) is 50.4 Å². The molecule has 0 saturated carbocycles. The Bertz CT molecular complexity index is 1290. The number of hydrogen-bond donors (Lipinski definition) is 4. The summed E-state index contributed by atoms with van der Waals surface area (Å²) in [6, 6.07) is 19.9. The van der Waals surface area contributed by atoms with Gasteiger partial charge in [0.1, 0.15) is 5.75 Å². The van der Waals surface area contributed by atoms with Gasteiger partial charge in [0.2, 0.25) is 0 Å². The van der Waals surface area contributed by atoms with Crippen molar-refractivity contribution >= 4 is 48.6 Å². The first kappa shape index (κ1) is 27.5. The van der Waals surface area contributed by atoms with Crippen LogP contribution in [0.5, 0.6) is 5.75 Å². The summed E-state index contributed by atoms with van der Waals surface area (Å²) in [5.74, 6) is 0.0371. The Kier molecular flexibility index (Phi) is 9.94. The fourth-order valence-corrected chi connectivity index (χ4v) is 2.22. The minimum Gasteiger partial charge on any atom is -0.423 e. The molecule has 0 fully saturated rings. The van der Waals surface area contributed by atoms with E-state index in [4.69, 9.17) is 25.3 Å². The minimum absolute atomic E-state index is 0.0310. The quantitative estimate of drug-likeness (QED) is 0.136. The molecular weight excluding hydrogens is 474 g/mol. The topological polar surface area (TPSA) is 199 Å². The van der Waals surface area contributed by atoms with Gasteiger partial charge in [-0.05, 0) is 47.2 Å². The van der Waals surface area contributed by atoms with E-state index < -0.39 is 26.2 Å². The summed E-state index contributed by atoms with van der Waals surface area (Å²) in [4.78, 5) is 16.1. The maximum Gasteiger partial charge on any atom is 0.343 e. The Labute approximate surface area is 191 Å². The number of fused-ring (bicyclic) bond motifs is 1. The SMILES string of the molecule is CS(=O)(=O)O.CS(=O)(=O)O.NC(N)=Nc1ccc(C(=O)Oc2ccc3ccccc3c2)cc1. The lowest BCUT2D eigenvalue weighted by Gasteiger charge is -2.06. The number of guanidine groups is 1. The van der Waals surface area contributed by atoms with E-state index in [-0.39, 0.29) is 5.96 Å². The highest BCUT2D eigenvalue weighted by Gasteiger charge is 2.09. The standard InChI is InChI=1S/C18H15N3O2.2CH4O3S/c19-18(20)21-15-8-5-13(6-9-15)17(22)23-16-10-7-12-3-1-2-4-14(12)11-16;2*1-5(2,3)4/h1-11H,(H4,19,20,21);2*1H3,(H,2,3,4). The minimum atomic E-state index is -3.67. The van der Waals surface area contributed by atoms with Crippen LogP contribution in [0.25, 0.3) is 10.8 Å². The smallest absolute Gasteiger partial charge is 0.343 e. The zero-order valence-electron chi connectivity index (χ0n) is 17.6. The van der Waals surface area contributed by atoms with Crippen molar-refractivity contribution in [2.45, 2.75) is 0 Å². The lowest BCUT2D eigenvalue weighted by atomic mass is 10.1. The van der Waals surface area contributed by atoms with Crippen molar-refractivity contribution < 1.29 is 35.5 Å². The molecule has 0 aliphatic rings. The van der Waals surface area contributed by atoms with Crippen molar-refractivity contribution in [2.24, 2.45) is 16.5 Å². The van der Waals surface area contributed by atoms with Crippen molar-refractivity contribution in [3.05, 3.63) is 72.3 Å². The van der Waals surface area contributed by atoms with Crippen LogP contribution in [0.15, 0.2) is 71.7 Å². The number of benzene rings is 3. The molecule has 0 heterocycles. The van der Waals surface area contributed by atoms with Crippen LogP contribution in [0.1, 0.15) is 10.4 Å². The summed E-state index contributed by atoms with van der Waals surface area (Å²) in [5, 5.41) is 2.11. The van der Waals surface area contributed by atoms with Crippen molar-refractivity contribution in [1.29, 1.82) is 0 Å². The van der Waals surface area contributed by atoms with E-state index in [1.807, 2.05) is 36.4 Å². The van der Waals surface area contributed by atoms with Crippen LogP contribution in [-0.2, 0) is 20.2 Å². The summed E-state index contributed by atoms with van der Waals surface area (Å²) in [6.07, 6.45) is 1.43. The van der Waals surface area contributed by atoms with Gasteiger partial charge in [-0.15, -0.1) is 0 Å². The van der Waals surface area contributed by atoms with Gasteiger partial charge >= 0.3 is 5.97 Å². The highest BCUT2D eigenvalue weighted by Crippen LogP contribution is 2.22. The van der Waals surface area contributed by atoms with Crippen LogP contribution in [0.4, 0.5) is 5.69 Å². The van der Waals surface area contributed by atoms with Crippen LogP contribution in [0, 0.1) is 0 Å². The van der Waals surface area contributed by atoms with Crippen molar-refractivity contribution in [3.8, 4) is 5.75 Å². The Morgan fingerprint density at radius 2 is 1.30 bits per heavy atom. The van der Waals surface area contributed by atoms with Crippen LogP contribution in [0.2, 0.25) is 0 Å². The van der Waals surface area contributed by atoms with Crippen LogP contribution >= 0.6 is 0 Å². The molecule has 0 aliphatic heterocycles. The molecule has 178 valence electrons. The molecule has 0 unspecified atom stereocenters. The average molecular weight is 498 g/mol. The van der Waals surface area contributed by atoms with E-state index in [1.165, 1.54) is 0 Å². The van der Waals surface area contributed by atoms with Crippen molar-refractivity contribution in [3.63, 3.8) is 0 Å². The molecule has 33 heavy (non-hydrogen) atoms. The molecule has 13 heteroatoms. The number of esters is 1. The normalized spacial score (nSPS) is 10.7. The molecular formula is C20H23N3O8S2. The Balaban J connectivity index is 0.000000460. The molecule has 11 nitrogen and oxygen atoms in total. The maximum absolute atomic E-state index is 12.2. The number of carbonyl (C=O) groups excluding carboxylic acids is 1. The maximum atomic E-state index is 12.2. The third-order valence-electron chi connectivity index (χ3n) is 3.29. The first-order chi connectivity index (χ1) is 15.1. The largest absolute Gasteiger partial charge is 0.423 e. The fraction of sp³-hybridized carbons (Fsp3) is 0.100. The molecule has 3 rings (SSSR count). The highest BCUT2D eigenvalue weighted by atomic mass is 32.2. The van der Waals surface area contributed by atoms with Crippen LogP contribution < -0.4 is 16.2 Å². The van der Waals surface area contributed by atoms with E-state index >= 15 is 0 Å². The molecule has 0 aliphatic carbocycles. The molecule has 0 aromatic heterocycles. The molecule has 0 spiro atoms. The molecule has 0 bridgehead atoms. The number of hydrogen-bond acceptors (Lipinski definition) is 7. The van der Waals surface area contributed by atoms with E-state index in [1.54, 1.807) is 30.3 Å². The molecule has 0 amide bonds. The average Bonchev–Trinajstić information content (AvgIpc) is 2.65. The molecule has 0 atom stereocenters. The van der Waals surface area contributed by atoms with Crippen LogP contribution in [0.3, 0.4) is 0 Å². The van der Waals surface area contributed by atoms with E-state index in [9.17, 15) is 21.6 Å². The lowest BCUT2D eigenvalue weighted by Crippen LogP contribution is -2.21. The van der Waals surface area contributed by atoms with Gasteiger partial charge < -0.3 is 16.2 Å². The van der Waals surface area contributed by atoms with Crippen molar-refractivity contribution in [2.75, 3.05) is 12.5 Å². The van der Waals surface area contributed by atoms with E-state index in [0.29, 0.717) is 29.5 Å². The number of nitrogens with two attached hydrogens (primary N) is 2. The third kappa shape index (κ3) is 13.5. The zero-order valence-corrected chi connectivity index (χ0v) is 19.2. The summed E-state index contributed by atoms with van der Waals surface area (Å²) in [5.41, 5.74) is 11.6. The number of rotatable bonds is 3. The fourth-order valence-electron chi connectivity index (χ4n) is 2.22. The first-order valence-electron chi connectivity index (χ1n) is 8.87. The summed E-state index contributed by atoms with van der Waals surface area (Å²) in [7, 11) is -7.33. The van der Waals surface area contributed by atoms with Gasteiger partial charge in [0.25, 0.3) is 20.2 Å². The Morgan fingerprint density at radius 1 is 0.818 bits per heavy atom. The number of carbonyl (C=O) groups is 1. The number of ether oxygens (including phenoxy) is 1. The molecule has 6 N–H and O–H groups in total.